The quantitative estimate of drug-likeness (QED) is 0.114. The number of benzene rings is 2. The van der Waals surface area contributed by atoms with Crippen LogP contribution in [0.5, 0.6) is 0 Å². The molecule has 1 saturated heterocycles. The van der Waals surface area contributed by atoms with Crippen molar-refractivity contribution in [1.29, 1.82) is 0 Å². The Labute approximate surface area is 371 Å². The van der Waals surface area contributed by atoms with Gasteiger partial charge >= 0.3 is 85.5 Å². The summed E-state index contributed by atoms with van der Waals surface area (Å²) in [5.74, 6) is 1.65. The van der Waals surface area contributed by atoms with Gasteiger partial charge in [-0.05, 0) is 24.3 Å². The van der Waals surface area contributed by atoms with E-state index < -0.39 is 0 Å². The van der Waals surface area contributed by atoms with Crippen molar-refractivity contribution in [2.75, 3.05) is 90.8 Å². The van der Waals surface area contributed by atoms with Crippen molar-refractivity contribution >= 4 is 78.4 Å². The predicted octanol–water partition coefficient (Wildman–Crippen LogP) is -1.64. The predicted molar refractivity (Wildman–Crippen MR) is 191 cm³/mol. The molecule has 2 radical (unpaired) electrons. The Balaban J connectivity index is -0.0000000664. The molecule has 0 bridgehead atoms. The van der Waals surface area contributed by atoms with E-state index in [1.165, 1.54) is 10.6 Å². The Kier molecular flexibility index (Phi) is 102. The Hall–Kier alpha value is 0.355. The molecule has 0 N–H and O–H groups in total. The molecular formula is C32H48Fe2KO11PS2. The average molecular weight is 855 g/mol. The summed E-state index contributed by atoms with van der Waals surface area (Å²) in [4.78, 5) is 38.8. The Morgan fingerprint density at radius 1 is 0.449 bits per heavy atom. The van der Waals surface area contributed by atoms with E-state index in [1.807, 2.05) is 0 Å². The van der Waals surface area contributed by atoms with Crippen molar-refractivity contribution in [3.63, 3.8) is 0 Å². The van der Waals surface area contributed by atoms with E-state index in [0.717, 1.165) is 17.9 Å². The zero-order chi connectivity index (χ0) is 35.8. The van der Waals surface area contributed by atoms with Crippen LogP contribution in [-0.2, 0) is 112 Å². The first-order valence-electron chi connectivity index (χ1n) is 13.6. The van der Waals surface area contributed by atoms with Crippen molar-refractivity contribution < 1.29 is 139 Å². The summed E-state index contributed by atoms with van der Waals surface area (Å²) >= 11 is 9.17. The van der Waals surface area contributed by atoms with Crippen LogP contribution in [0.25, 0.3) is 0 Å². The van der Waals surface area contributed by atoms with Gasteiger partial charge in [-0.2, -0.15) is 11.5 Å². The summed E-state index contributed by atoms with van der Waals surface area (Å²) < 4.78 is 32.0. The van der Waals surface area contributed by atoms with Gasteiger partial charge in [0.25, 0.3) is 0 Å². The van der Waals surface area contributed by atoms with E-state index >= 15 is 0 Å². The van der Waals surface area contributed by atoms with Gasteiger partial charge in [0.2, 0.25) is 0 Å². The summed E-state index contributed by atoms with van der Waals surface area (Å²) in [6.45, 7) is 23.3. The van der Waals surface area contributed by atoms with Crippen LogP contribution in [0.4, 0.5) is 0 Å². The van der Waals surface area contributed by atoms with Crippen LogP contribution in [0.1, 0.15) is 7.85 Å². The molecule has 1 heterocycles. The summed E-state index contributed by atoms with van der Waals surface area (Å²) in [5, 5.41) is 2.90. The van der Waals surface area contributed by atoms with E-state index in [4.69, 9.17) is 52.4 Å². The topological polar surface area (TPSA) is 141 Å². The molecule has 0 aromatic heterocycles. The van der Waals surface area contributed by atoms with Crippen LogP contribution in [0, 0.1) is 0 Å². The fourth-order valence-electron chi connectivity index (χ4n) is 2.67. The minimum atomic E-state index is 0. The van der Waals surface area contributed by atoms with E-state index in [0.29, 0.717) is 79.3 Å². The summed E-state index contributed by atoms with van der Waals surface area (Å²) in [6, 6.07) is 21.3. The van der Waals surface area contributed by atoms with Crippen LogP contribution < -0.4 is 62.0 Å². The van der Waals surface area contributed by atoms with Crippen LogP contribution >= 0.6 is 8.58 Å². The fourth-order valence-corrected chi connectivity index (χ4v) is 4.36. The second kappa shape index (κ2) is 73.7. The molecule has 2 aromatic rings. The van der Waals surface area contributed by atoms with Crippen LogP contribution in [0.2, 0.25) is 0 Å². The molecule has 1 aliphatic heterocycles. The standard InChI is InChI=1S/C12H24O6.C12H11P.C3H8S2.5CHO.2Fe.K.H/c1-2-14-5-6-16-9-10-18-12-11-17-8-7-15-4-3-13-1;1-3-7-11(8-4-1)13-12-9-5-2-6-10-12;4-2-1-3-5;5*1-2;;;;/h1-12H2;1-10,13H;4-5H,1-3H2;5*1H;;;;/q;;;5*-1;2*+3;+1;-1/p-1. The van der Waals surface area contributed by atoms with Gasteiger partial charge in [0.1, 0.15) is 0 Å². The molecule has 1 fully saturated rings. The van der Waals surface area contributed by atoms with Gasteiger partial charge in [0.05, 0.1) is 98.5 Å². The van der Waals surface area contributed by atoms with E-state index in [1.54, 1.807) is 0 Å². The molecule has 0 amide bonds. The number of rotatable bonds is 4. The molecule has 2 aromatic carbocycles. The molecule has 11 nitrogen and oxygen atoms in total. The minimum absolute atomic E-state index is 0. The second-order valence-corrected chi connectivity index (χ2v) is 9.84. The van der Waals surface area contributed by atoms with Gasteiger partial charge < -0.3 is 79.1 Å². The third-order valence-electron chi connectivity index (χ3n) is 4.45. The maximum atomic E-state index is 7.75. The van der Waals surface area contributed by atoms with Gasteiger partial charge in [0.15, 0.2) is 0 Å². The monoisotopic (exact) mass is 854 g/mol. The molecule has 49 heavy (non-hydrogen) atoms. The number of ether oxygens (including phenoxy) is 6. The molecule has 0 unspecified atom stereocenters. The average Bonchev–Trinajstić information content (AvgIpc) is 3.14. The third-order valence-corrected chi connectivity index (χ3v) is 6.47. The number of carbonyl (C=O) groups excluding carboxylic acids is 5. The molecule has 0 saturated carbocycles. The third kappa shape index (κ3) is 63.8. The maximum Gasteiger partial charge on any atom is 3.00 e. The smallest absolute Gasteiger partial charge is 1.00 e. The Bertz CT molecular complexity index is 672. The first-order valence-corrected chi connectivity index (χ1v) is 15.9. The zero-order valence-corrected chi connectivity index (χ0v) is 36.0. The van der Waals surface area contributed by atoms with Gasteiger partial charge in [-0.15, -0.1) is 0 Å². The number of hydrogen-bond donors (Lipinski definition) is 0. The van der Waals surface area contributed by atoms with Crippen molar-refractivity contribution in [3.8, 4) is 0 Å². The van der Waals surface area contributed by atoms with Crippen LogP contribution in [0.15, 0.2) is 60.7 Å². The van der Waals surface area contributed by atoms with E-state index in [-0.39, 0.29) is 95.5 Å². The molecule has 276 valence electrons. The Morgan fingerprint density at radius 3 is 0.776 bits per heavy atom. The van der Waals surface area contributed by atoms with Crippen LogP contribution in [0.3, 0.4) is 0 Å². The molecule has 0 spiro atoms. The molecule has 3 rings (SSSR count). The first-order chi connectivity index (χ1) is 22.9. The summed E-state index contributed by atoms with van der Waals surface area (Å²) in [6.07, 6.45) is 1.02. The van der Waals surface area contributed by atoms with E-state index in [2.05, 4.69) is 120 Å². The fraction of sp³-hybridized carbons (Fsp3) is 0.469. The van der Waals surface area contributed by atoms with Crippen molar-refractivity contribution in [3.05, 3.63) is 60.7 Å². The largest absolute Gasteiger partial charge is 3.00 e. The SMILES string of the molecule is C1COCCOCCOCCOCCOCCO1.[CH-]=O.[CH-]=O.[CH-]=O.[CH-]=O.[CH-]=O.[Fe+3].[Fe+3].[H-].[K+].[S-]CCC[S-].c1ccc([PH2+]c2ccccc2)cc1. The normalized spacial score (nSPS) is 12.7. The van der Waals surface area contributed by atoms with Crippen LogP contribution in [-0.4, -0.2) is 125 Å². The van der Waals surface area contributed by atoms with Gasteiger partial charge in [-0.3, -0.25) is 33.9 Å². The molecule has 1 aliphatic rings. The van der Waals surface area contributed by atoms with E-state index in [9.17, 15) is 0 Å². The molecular weight excluding hydrogens is 806 g/mol. The summed E-state index contributed by atoms with van der Waals surface area (Å²) in [7, 11) is 0.271. The molecule has 0 atom stereocenters. The molecule has 17 heteroatoms. The van der Waals surface area contributed by atoms with Crippen molar-refractivity contribution in [1.82, 2.24) is 0 Å². The second-order valence-electron chi connectivity index (χ2n) is 7.40. The Morgan fingerprint density at radius 2 is 0.633 bits per heavy atom. The van der Waals surface area contributed by atoms with Crippen molar-refractivity contribution in [2.45, 2.75) is 6.42 Å². The van der Waals surface area contributed by atoms with Gasteiger partial charge in [-0.1, -0.05) is 42.8 Å². The minimum Gasteiger partial charge on any atom is -1.00 e. The maximum absolute atomic E-state index is 7.75. The zero-order valence-electron chi connectivity index (χ0n) is 28.9. The van der Waals surface area contributed by atoms with Crippen molar-refractivity contribution in [2.24, 2.45) is 0 Å². The molecule has 0 aliphatic carbocycles. The summed E-state index contributed by atoms with van der Waals surface area (Å²) in [5.41, 5.74) is 0. The van der Waals surface area contributed by atoms with Gasteiger partial charge in [-0.25, -0.2) is 0 Å². The van der Waals surface area contributed by atoms with Gasteiger partial charge in [0, 0.05) is 0 Å². The number of hydrogen-bond acceptors (Lipinski definition) is 13. The first kappa shape index (κ1) is 67.5.